The Kier molecular flexibility index (Phi) is 15.4. The topological polar surface area (TPSA) is 81.7 Å². The molecule has 0 spiro atoms. The fourth-order valence-corrected chi connectivity index (χ4v) is 4.88. The van der Waals surface area contributed by atoms with Crippen LogP contribution in [0.4, 0.5) is 0 Å². The van der Waals surface area contributed by atoms with E-state index in [1.54, 1.807) is 21.3 Å². The molecule has 0 rings (SSSR count). The Hall–Kier alpha value is -0.340. The number of methoxy groups -OCH3 is 3. The van der Waals surface area contributed by atoms with Gasteiger partial charge in [0, 0.05) is 7.11 Å². The quantitative estimate of drug-likeness (QED) is 0.233. The van der Waals surface area contributed by atoms with Crippen LogP contribution in [-0.2, 0) is 37.7 Å². The van der Waals surface area contributed by atoms with Gasteiger partial charge in [-0.15, -0.1) is 0 Å². The van der Waals surface area contributed by atoms with E-state index >= 15 is 0 Å². The van der Waals surface area contributed by atoms with Crippen molar-refractivity contribution in [1.29, 1.82) is 0 Å². The predicted molar refractivity (Wildman–Crippen MR) is 107 cm³/mol. The third-order valence-electron chi connectivity index (χ3n) is 4.02. The third kappa shape index (κ3) is 15.3. The van der Waals surface area contributed by atoms with Gasteiger partial charge >= 0.3 is 145 Å². The molecule has 0 fully saturated rings. The average molecular weight is 414 g/mol. The van der Waals surface area contributed by atoms with Crippen molar-refractivity contribution in [2.75, 3.05) is 106 Å². The molecule has 0 aliphatic heterocycles. The van der Waals surface area contributed by atoms with E-state index in [2.05, 4.69) is 0 Å². The Balaban J connectivity index is 3.89. The van der Waals surface area contributed by atoms with Gasteiger partial charge in [-0.05, 0) is 0 Å². The van der Waals surface area contributed by atoms with Crippen LogP contribution in [0.1, 0.15) is 6.42 Å². The Morgan fingerprint density at radius 1 is 0.630 bits per heavy atom. The number of rotatable bonds is 19. The summed E-state index contributed by atoms with van der Waals surface area (Å²) < 4.78 is 37.3. The standard InChI is InChI=1S/C18H39O8P/c1-20-8-9-24-12-13-25-11-10-23-7-6-18(19)26-27(4,5,16-14-21-2)17-15-22-3/h6-17H2,1-5H3. The summed E-state index contributed by atoms with van der Waals surface area (Å²) in [4.78, 5) is 12.2. The molecule has 0 saturated carbocycles. The van der Waals surface area contributed by atoms with Crippen molar-refractivity contribution in [2.24, 2.45) is 0 Å². The van der Waals surface area contributed by atoms with Gasteiger partial charge in [0.1, 0.15) is 0 Å². The van der Waals surface area contributed by atoms with Crippen LogP contribution in [0.5, 0.6) is 0 Å². The number of ether oxygens (including phenoxy) is 6. The van der Waals surface area contributed by atoms with Gasteiger partial charge in [0.05, 0.1) is 6.61 Å². The molecule has 0 bridgehead atoms. The zero-order chi connectivity index (χ0) is 20.5. The molecule has 0 amide bonds. The number of hydrogen-bond acceptors (Lipinski definition) is 8. The molecule has 0 saturated heterocycles. The second-order valence-corrected chi connectivity index (χ2v) is 13.2. The van der Waals surface area contributed by atoms with E-state index in [4.69, 9.17) is 32.9 Å². The van der Waals surface area contributed by atoms with E-state index in [1.807, 2.05) is 13.3 Å². The normalized spacial score (nSPS) is 13.3. The number of carbonyl (C=O) groups excluding carboxylic acids is 1. The molecule has 27 heavy (non-hydrogen) atoms. The molecule has 0 aromatic rings. The summed E-state index contributed by atoms with van der Waals surface area (Å²) in [7, 11) is 4.93. The molecule has 164 valence electrons. The van der Waals surface area contributed by atoms with Crippen molar-refractivity contribution < 1.29 is 37.7 Å². The van der Waals surface area contributed by atoms with Crippen LogP contribution in [0.3, 0.4) is 0 Å². The van der Waals surface area contributed by atoms with Gasteiger partial charge in [0.15, 0.2) is 0 Å². The van der Waals surface area contributed by atoms with Crippen molar-refractivity contribution in [3.8, 4) is 0 Å². The van der Waals surface area contributed by atoms with E-state index in [0.717, 1.165) is 12.3 Å². The van der Waals surface area contributed by atoms with Gasteiger partial charge in [-0.1, -0.05) is 0 Å². The number of carbonyl (C=O) groups is 1. The first-order valence-corrected chi connectivity index (χ1v) is 12.7. The van der Waals surface area contributed by atoms with Crippen LogP contribution in [0.25, 0.3) is 0 Å². The molecule has 0 unspecified atom stereocenters. The van der Waals surface area contributed by atoms with Crippen LogP contribution < -0.4 is 0 Å². The molecule has 0 aliphatic carbocycles. The van der Waals surface area contributed by atoms with Gasteiger partial charge < -0.3 is 4.74 Å². The first-order chi connectivity index (χ1) is 12.9. The van der Waals surface area contributed by atoms with E-state index in [-0.39, 0.29) is 12.4 Å². The summed E-state index contributed by atoms with van der Waals surface area (Å²) >= 11 is 0. The summed E-state index contributed by atoms with van der Waals surface area (Å²) in [5.74, 6) is -0.239. The molecule has 0 aromatic carbocycles. The SMILES string of the molecule is COCCOCCOCCOCCC(=O)OP(C)(C)(CCOC)CCOC. The fraction of sp³-hybridized carbons (Fsp3) is 0.944. The maximum atomic E-state index is 12.2. The van der Waals surface area contributed by atoms with Gasteiger partial charge in [-0.3, -0.25) is 0 Å². The average Bonchev–Trinajstić information content (AvgIpc) is 2.63. The van der Waals surface area contributed by atoms with Crippen LogP contribution in [-0.4, -0.2) is 112 Å². The fourth-order valence-electron chi connectivity index (χ4n) is 2.19. The zero-order valence-electron chi connectivity index (χ0n) is 17.7. The summed E-state index contributed by atoms with van der Waals surface area (Å²) in [5, 5.41) is 0. The molecule has 9 heteroatoms. The van der Waals surface area contributed by atoms with E-state index in [0.29, 0.717) is 59.5 Å². The maximum absolute atomic E-state index is 12.2. The van der Waals surface area contributed by atoms with Crippen molar-refractivity contribution in [3.63, 3.8) is 0 Å². The summed E-state index contributed by atoms with van der Waals surface area (Å²) in [6.45, 7) is 5.96. The second-order valence-electron chi connectivity index (χ2n) is 7.04. The van der Waals surface area contributed by atoms with Crippen molar-refractivity contribution in [1.82, 2.24) is 0 Å². The van der Waals surface area contributed by atoms with Crippen molar-refractivity contribution in [2.45, 2.75) is 6.42 Å². The van der Waals surface area contributed by atoms with Crippen molar-refractivity contribution >= 4 is 12.8 Å². The Labute approximate surface area is 164 Å². The zero-order valence-corrected chi connectivity index (χ0v) is 18.6. The van der Waals surface area contributed by atoms with Gasteiger partial charge in [-0.2, -0.15) is 0 Å². The van der Waals surface area contributed by atoms with E-state index in [1.165, 1.54) is 0 Å². The van der Waals surface area contributed by atoms with Crippen LogP contribution >= 0.6 is 6.83 Å². The summed E-state index contributed by atoms with van der Waals surface area (Å²) in [5.41, 5.74) is 0. The predicted octanol–water partition coefficient (Wildman–Crippen LogP) is 1.64. The molecule has 0 aliphatic rings. The Morgan fingerprint density at radius 3 is 1.48 bits per heavy atom. The molecule has 0 aromatic heterocycles. The third-order valence-corrected chi connectivity index (χ3v) is 8.00. The minimum absolute atomic E-state index is 0.222. The monoisotopic (exact) mass is 414 g/mol. The molecule has 0 radical (unpaired) electrons. The van der Waals surface area contributed by atoms with Gasteiger partial charge in [-0.25, -0.2) is 0 Å². The molecular weight excluding hydrogens is 375 g/mol. The summed E-state index contributed by atoms with van der Waals surface area (Å²) in [6.07, 6.45) is 1.66. The molecule has 8 nitrogen and oxygen atoms in total. The second kappa shape index (κ2) is 15.6. The van der Waals surface area contributed by atoms with E-state index < -0.39 is 6.83 Å². The van der Waals surface area contributed by atoms with Crippen LogP contribution in [0.2, 0.25) is 0 Å². The molecule has 0 heterocycles. The first-order valence-electron chi connectivity index (χ1n) is 9.29. The molecule has 0 atom stereocenters. The molecular formula is C18H39O8P. The van der Waals surface area contributed by atoms with Crippen LogP contribution in [0.15, 0.2) is 0 Å². The summed E-state index contributed by atoms with van der Waals surface area (Å²) in [6, 6.07) is 0. The number of hydrogen-bond donors (Lipinski definition) is 0. The van der Waals surface area contributed by atoms with Gasteiger partial charge in [0.25, 0.3) is 0 Å². The Bertz CT molecular complexity index is 366. The van der Waals surface area contributed by atoms with Crippen molar-refractivity contribution in [3.05, 3.63) is 0 Å². The van der Waals surface area contributed by atoms with E-state index in [9.17, 15) is 4.79 Å². The molecule has 0 N–H and O–H groups in total. The van der Waals surface area contributed by atoms with Gasteiger partial charge in [0.2, 0.25) is 0 Å². The minimum atomic E-state index is -2.64. The first kappa shape index (κ1) is 26.7. The Morgan fingerprint density at radius 2 is 1.04 bits per heavy atom. The van der Waals surface area contributed by atoms with Crippen LogP contribution in [0, 0.1) is 0 Å².